The summed E-state index contributed by atoms with van der Waals surface area (Å²) in [5.74, 6) is -0.408. The van der Waals surface area contributed by atoms with Crippen LogP contribution < -0.4 is 5.43 Å². The van der Waals surface area contributed by atoms with Crippen LogP contribution >= 0.6 is 11.3 Å². The number of carbonyl (C=O) groups excluding carboxylic acids is 1. The van der Waals surface area contributed by atoms with E-state index in [-0.39, 0.29) is 5.69 Å². The molecule has 1 aromatic carbocycles. The van der Waals surface area contributed by atoms with E-state index in [2.05, 4.69) is 15.5 Å². The number of aryl methyl sites for hydroxylation is 1. The van der Waals surface area contributed by atoms with E-state index in [9.17, 15) is 14.9 Å². The predicted molar refractivity (Wildman–Crippen MR) is 87.1 cm³/mol. The number of aromatic nitrogens is 1. The number of nitro groups is 1. The number of hydrogen-bond acceptors (Lipinski definition) is 8. The molecule has 1 heterocycles. The first-order chi connectivity index (χ1) is 11.0. The van der Waals surface area contributed by atoms with Crippen LogP contribution in [-0.2, 0) is 4.74 Å². The van der Waals surface area contributed by atoms with Crippen molar-refractivity contribution in [1.82, 2.24) is 4.98 Å². The van der Waals surface area contributed by atoms with E-state index in [4.69, 9.17) is 4.74 Å². The molecule has 0 amide bonds. The number of hydrazone groups is 1. The molecule has 2 aromatic rings. The number of ether oxygens (including phenoxy) is 1. The average molecular weight is 334 g/mol. The van der Waals surface area contributed by atoms with E-state index in [1.807, 2.05) is 0 Å². The number of nitro benzene ring substituents is 1. The number of carbonyl (C=O) groups is 1. The van der Waals surface area contributed by atoms with E-state index >= 15 is 0 Å². The van der Waals surface area contributed by atoms with Gasteiger partial charge in [0.1, 0.15) is 4.88 Å². The van der Waals surface area contributed by atoms with Crippen molar-refractivity contribution in [3.63, 3.8) is 0 Å². The molecule has 23 heavy (non-hydrogen) atoms. The third-order valence-electron chi connectivity index (χ3n) is 2.74. The summed E-state index contributed by atoms with van der Waals surface area (Å²) in [6.45, 7) is 3.76. The van der Waals surface area contributed by atoms with Gasteiger partial charge in [-0.3, -0.25) is 15.5 Å². The molecule has 2 rings (SSSR count). The minimum absolute atomic E-state index is 0.0183. The molecule has 0 aliphatic rings. The van der Waals surface area contributed by atoms with E-state index in [1.165, 1.54) is 18.3 Å². The molecule has 0 fully saturated rings. The van der Waals surface area contributed by atoms with Crippen molar-refractivity contribution >= 4 is 34.3 Å². The lowest BCUT2D eigenvalue weighted by atomic mass is 10.2. The zero-order valence-corrected chi connectivity index (χ0v) is 13.3. The summed E-state index contributed by atoms with van der Waals surface area (Å²) < 4.78 is 4.94. The van der Waals surface area contributed by atoms with Gasteiger partial charge in [0, 0.05) is 12.1 Å². The Morgan fingerprint density at radius 2 is 2.17 bits per heavy atom. The summed E-state index contributed by atoms with van der Waals surface area (Å²) in [7, 11) is 0. The third-order valence-corrected chi connectivity index (χ3v) is 3.78. The molecule has 0 spiro atoms. The van der Waals surface area contributed by atoms with Crippen molar-refractivity contribution in [3.05, 3.63) is 50.5 Å². The van der Waals surface area contributed by atoms with Gasteiger partial charge in [-0.05, 0) is 31.5 Å². The van der Waals surface area contributed by atoms with Gasteiger partial charge < -0.3 is 4.74 Å². The van der Waals surface area contributed by atoms with Gasteiger partial charge in [-0.1, -0.05) is 11.3 Å². The van der Waals surface area contributed by atoms with Crippen LogP contribution in [-0.4, -0.2) is 28.7 Å². The topological polar surface area (TPSA) is 107 Å². The molecule has 0 unspecified atom stereocenters. The minimum Gasteiger partial charge on any atom is -0.462 e. The first kappa shape index (κ1) is 16.6. The Morgan fingerprint density at radius 1 is 1.48 bits per heavy atom. The molecule has 0 bridgehead atoms. The zero-order valence-electron chi connectivity index (χ0n) is 12.5. The highest BCUT2D eigenvalue weighted by Gasteiger charge is 2.15. The Kier molecular flexibility index (Phi) is 5.36. The van der Waals surface area contributed by atoms with Crippen LogP contribution in [0.4, 0.5) is 10.8 Å². The quantitative estimate of drug-likeness (QED) is 0.377. The monoisotopic (exact) mass is 334 g/mol. The van der Waals surface area contributed by atoms with Gasteiger partial charge in [0.25, 0.3) is 5.69 Å². The van der Waals surface area contributed by atoms with Crippen molar-refractivity contribution in [2.45, 2.75) is 13.8 Å². The molecule has 8 nitrogen and oxygen atoms in total. The fourth-order valence-electron chi connectivity index (χ4n) is 1.67. The van der Waals surface area contributed by atoms with Crippen molar-refractivity contribution in [2.24, 2.45) is 5.10 Å². The number of anilines is 1. The van der Waals surface area contributed by atoms with Gasteiger partial charge in [-0.25, -0.2) is 9.78 Å². The first-order valence-electron chi connectivity index (χ1n) is 6.69. The molecule has 9 heteroatoms. The SMILES string of the molecule is CCOC(=O)c1sc(N/N=C\c2ccc([N+](=O)[O-])cc2)nc1C. The number of hydrogen-bond donors (Lipinski definition) is 1. The molecule has 1 N–H and O–H groups in total. The van der Waals surface area contributed by atoms with E-state index in [0.29, 0.717) is 27.9 Å². The number of esters is 1. The summed E-state index contributed by atoms with van der Waals surface area (Å²) in [4.78, 5) is 26.4. The van der Waals surface area contributed by atoms with Crippen LogP contribution in [0.3, 0.4) is 0 Å². The Bertz CT molecular complexity index is 740. The third kappa shape index (κ3) is 4.33. The fourth-order valence-corrected chi connectivity index (χ4v) is 2.48. The number of non-ortho nitro benzene ring substituents is 1. The molecule has 0 saturated heterocycles. The van der Waals surface area contributed by atoms with Crippen LogP contribution in [0, 0.1) is 17.0 Å². The first-order valence-corrected chi connectivity index (χ1v) is 7.51. The summed E-state index contributed by atoms with van der Waals surface area (Å²) in [6, 6.07) is 5.96. The van der Waals surface area contributed by atoms with E-state index < -0.39 is 10.9 Å². The molecule has 120 valence electrons. The Labute approximate surface area is 136 Å². The lowest BCUT2D eigenvalue weighted by molar-refractivity contribution is -0.384. The van der Waals surface area contributed by atoms with Crippen LogP contribution in [0.5, 0.6) is 0 Å². The minimum atomic E-state index is -0.464. The number of rotatable bonds is 6. The van der Waals surface area contributed by atoms with Gasteiger partial charge >= 0.3 is 5.97 Å². The molecule has 0 aliphatic carbocycles. The molecule has 1 aromatic heterocycles. The maximum absolute atomic E-state index is 11.7. The van der Waals surface area contributed by atoms with Gasteiger partial charge in [0.15, 0.2) is 0 Å². The lowest BCUT2D eigenvalue weighted by Crippen LogP contribution is -2.03. The standard InChI is InChI=1S/C14H14N4O4S/c1-3-22-13(19)12-9(2)16-14(23-12)17-15-8-10-4-6-11(7-5-10)18(20)21/h4-8H,3H2,1-2H3,(H,16,17)/b15-8-. The van der Waals surface area contributed by atoms with Crippen LogP contribution in [0.2, 0.25) is 0 Å². The van der Waals surface area contributed by atoms with Crippen LogP contribution in [0.15, 0.2) is 29.4 Å². The Morgan fingerprint density at radius 3 is 2.78 bits per heavy atom. The second-order valence-electron chi connectivity index (χ2n) is 4.37. The molecule has 0 atom stereocenters. The van der Waals surface area contributed by atoms with Crippen molar-refractivity contribution in [2.75, 3.05) is 12.0 Å². The molecular formula is C14H14N4O4S. The smallest absolute Gasteiger partial charge is 0.350 e. The summed E-state index contributed by atoms with van der Waals surface area (Å²) in [5, 5.41) is 15.0. The second-order valence-corrected chi connectivity index (χ2v) is 5.37. The maximum atomic E-state index is 11.7. The Balaban J connectivity index is 2.01. The highest BCUT2D eigenvalue weighted by atomic mass is 32.1. The van der Waals surface area contributed by atoms with Crippen molar-refractivity contribution in [1.29, 1.82) is 0 Å². The normalized spacial score (nSPS) is 10.7. The fraction of sp³-hybridized carbons (Fsp3) is 0.214. The Hall–Kier alpha value is -2.81. The number of nitrogens with zero attached hydrogens (tertiary/aromatic N) is 3. The molecule has 0 aliphatic heterocycles. The van der Waals surface area contributed by atoms with Gasteiger partial charge in [-0.15, -0.1) is 0 Å². The number of benzene rings is 1. The van der Waals surface area contributed by atoms with E-state index in [1.54, 1.807) is 26.0 Å². The van der Waals surface area contributed by atoms with Gasteiger partial charge in [0.2, 0.25) is 5.13 Å². The van der Waals surface area contributed by atoms with E-state index in [0.717, 1.165) is 11.3 Å². The highest BCUT2D eigenvalue weighted by Crippen LogP contribution is 2.23. The predicted octanol–water partition coefficient (Wildman–Crippen LogP) is 2.98. The van der Waals surface area contributed by atoms with Gasteiger partial charge in [0.05, 0.1) is 23.4 Å². The molecule has 0 saturated carbocycles. The van der Waals surface area contributed by atoms with Crippen molar-refractivity contribution < 1.29 is 14.5 Å². The van der Waals surface area contributed by atoms with Crippen LogP contribution in [0.25, 0.3) is 0 Å². The van der Waals surface area contributed by atoms with Crippen LogP contribution in [0.1, 0.15) is 27.9 Å². The average Bonchev–Trinajstić information content (AvgIpc) is 2.89. The maximum Gasteiger partial charge on any atom is 0.350 e. The molecular weight excluding hydrogens is 320 g/mol. The zero-order chi connectivity index (χ0) is 16.8. The highest BCUT2D eigenvalue weighted by molar-refractivity contribution is 7.17. The summed E-state index contributed by atoms with van der Waals surface area (Å²) >= 11 is 1.15. The second kappa shape index (κ2) is 7.45. The summed E-state index contributed by atoms with van der Waals surface area (Å²) in [5.41, 5.74) is 4.01. The largest absolute Gasteiger partial charge is 0.462 e. The summed E-state index contributed by atoms with van der Waals surface area (Å²) in [6.07, 6.45) is 1.50. The molecule has 0 radical (unpaired) electrons. The van der Waals surface area contributed by atoms with Gasteiger partial charge in [-0.2, -0.15) is 5.10 Å². The van der Waals surface area contributed by atoms with Crippen molar-refractivity contribution in [3.8, 4) is 0 Å². The number of thiazole rings is 1. The number of nitrogens with one attached hydrogen (secondary N) is 1. The lowest BCUT2D eigenvalue weighted by Gasteiger charge is -1.97.